The number of nitrogens with two attached hydrogens (primary N) is 1. The van der Waals surface area contributed by atoms with Crippen LogP contribution in [0.25, 0.3) is 0 Å². The number of primary amides is 1. The van der Waals surface area contributed by atoms with Gasteiger partial charge >= 0.3 is 0 Å². The van der Waals surface area contributed by atoms with Gasteiger partial charge in [-0.3, -0.25) is 9.10 Å². The predicted octanol–water partition coefficient (Wildman–Crippen LogP) is 5.07. The first-order valence-electron chi connectivity index (χ1n) is 12.2. The van der Waals surface area contributed by atoms with Crippen LogP contribution in [0, 0.1) is 30.1 Å². The van der Waals surface area contributed by atoms with Crippen molar-refractivity contribution in [3.05, 3.63) is 59.2 Å². The smallest absolute Gasteiger partial charge is 0.264 e. The van der Waals surface area contributed by atoms with E-state index < -0.39 is 15.9 Å². The van der Waals surface area contributed by atoms with E-state index in [-0.39, 0.29) is 10.3 Å². The van der Waals surface area contributed by atoms with Gasteiger partial charge in [-0.1, -0.05) is 24.3 Å². The number of amides is 1. The molecule has 0 unspecified atom stereocenters. The van der Waals surface area contributed by atoms with Gasteiger partial charge in [-0.05, 0) is 111 Å². The Balaban J connectivity index is 1.64. The fourth-order valence-electron chi connectivity index (χ4n) is 7.59. The summed E-state index contributed by atoms with van der Waals surface area (Å²) >= 11 is 0. The minimum Gasteiger partial charge on any atom is -0.366 e. The number of para-hydroxylation sites is 1. The molecule has 4 aliphatic carbocycles. The molecule has 4 saturated carbocycles. The van der Waals surface area contributed by atoms with Gasteiger partial charge in [0.2, 0.25) is 5.91 Å². The molecule has 0 atom stereocenters. The van der Waals surface area contributed by atoms with Gasteiger partial charge < -0.3 is 5.73 Å². The van der Waals surface area contributed by atoms with Crippen molar-refractivity contribution in [3.8, 4) is 0 Å². The van der Waals surface area contributed by atoms with Crippen molar-refractivity contribution in [1.82, 2.24) is 0 Å². The van der Waals surface area contributed by atoms with Gasteiger partial charge in [-0.2, -0.15) is 0 Å². The third-order valence-corrected chi connectivity index (χ3v) is 10.5. The average Bonchev–Trinajstić information content (AvgIpc) is 2.73. The van der Waals surface area contributed by atoms with E-state index in [9.17, 15) is 13.2 Å². The summed E-state index contributed by atoms with van der Waals surface area (Å²) in [6.07, 6.45) is 8.00. The van der Waals surface area contributed by atoms with E-state index in [1.165, 1.54) is 23.6 Å². The number of hydrogen-bond donors (Lipinski definition) is 1. The highest BCUT2D eigenvalue weighted by Crippen LogP contribution is 2.61. The summed E-state index contributed by atoms with van der Waals surface area (Å²) in [4.78, 5) is 12.8. The first kappa shape index (κ1) is 22.5. The highest BCUT2D eigenvalue weighted by Gasteiger charge is 2.51. The summed E-state index contributed by atoms with van der Waals surface area (Å²) in [5.74, 6) is 1.69. The van der Waals surface area contributed by atoms with Crippen LogP contribution in [-0.4, -0.2) is 20.9 Å². The van der Waals surface area contributed by atoms with Crippen molar-refractivity contribution < 1.29 is 13.2 Å². The van der Waals surface area contributed by atoms with Crippen molar-refractivity contribution in [2.75, 3.05) is 10.8 Å². The van der Waals surface area contributed by atoms with Gasteiger partial charge in [-0.25, -0.2) is 8.42 Å². The van der Waals surface area contributed by atoms with Gasteiger partial charge in [0.05, 0.1) is 10.6 Å². The molecule has 4 aliphatic rings. The first-order valence-corrected chi connectivity index (χ1v) is 13.7. The molecule has 2 aromatic carbocycles. The molecule has 5 nitrogen and oxygen atoms in total. The normalized spacial score (nSPS) is 28.1. The van der Waals surface area contributed by atoms with Crippen LogP contribution in [0.15, 0.2) is 47.4 Å². The van der Waals surface area contributed by atoms with Crippen LogP contribution >= 0.6 is 0 Å². The van der Waals surface area contributed by atoms with Crippen molar-refractivity contribution in [3.63, 3.8) is 0 Å². The predicted molar refractivity (Wildman–Crippen MR) is 131 cm³/mol. The van der Waals surface area contributed by atoms with E-state index in [0.717, 1.165) is 37.0 Å². The molecule has 6 heteroatoms. The Kier molecular flexibility index (Phi) is 5.55. The molecule has 0 aromatic heterocycles. The van der Waals surface area contributed by atoms with E-state index >= 15 is 0 Å². The van der Waals surface area contributed by atoms with E-state index in [0.29, 0.717) is 35.3 Å². The summed E-state index contributed by atoms with van der Waals surface area (Å²) in [6, 6.07) is 12.6. The molecule has 6 rings (SSSR count). The molecule has 176 valence electrons. The van der Waals surface area contributed by atoms with Crippen LogP contribution in [0.5, 0.6) is 0 Å². The Hall–Kier alpha value is -2.34. The van der Waals surface area contributed by atoms with Gasteiger partial charge in [0.25, 0.3) is 10.0 Å². The zero-order chi connectivity index (χ0) is 23.4. The lowest BCUT2D eigenvalue weighted by molar-refractivity contribution is -0.0525. The van der Waals surface area contributed by atoms with E-state index in [1.807, 2.05) is 44.2 Å². The van der Waals surface area contributed by atoms with Gasteiger partial charge in [0.15, 0.2) is 0 Å². The molecule has 0 aliphatic heterocycles. The Labute approximate surface area is 197 Å². The van der Waals surface area contributed by atoms with Crippen LogP contribution in [0.3, 0.4) is 0 Å². The van der Waals surface area contributed by atoms with Crippen molar-refractivity contribution in [1.29, 1.82) is 0 Å². The summed E-state index contributed by atoms with van der Waals surface area (Å²) in [5, 5.41) is 0. The van der Waals surface area contributed by atoms with E-state index in [1.54, 1.807) is 12.1 Å². The minimum atomic E-state index is -3.88. The number of sulfonamides is 1. The number of hydrogen-bond acceptors (Lipinski definition) is 3. The largest absolute Gasteiger partial charge is 0.366 e. The first-order chi connectivity index (χ1) is 15.7. The molecule has 0 radical (unpaired) electrons. The quantitative estimate of drug-likeness (QED) is 0.619. The van der Waals surface area contributed by atoms with Gasteiger partial charge in [0, 0.05) is 12.1 Å². The summed E-state index contributed by atoms with van der Waals surface area (Å²) < 4.78 is 29.7. The Morgan fingerprint density at radius 2 is 1.58 bits per heavy atom. The molecular weight excluding hydrogens is 432 g/mol. The van der Waals surface area contributed by atoms with Crippen LogP contribution < -0.4 is 10.0 Å². The third-order valence-electron chi connectivity index (χ3n) is 8.32. The minimum absolute atomic E-state index is 0.0841. The van der Waals surface area contributed by atoms with E-state index in [2.05, 4.69) is 0 Å². The Bertz CT molecular complexity index is 1140. The lowest BCUT2D eigenvalue weighted by atomic mass is 9.48. The molecule has 4 bridgehead atoms. The summed E-state index contributed by atoms with van der Waals surface area (Å²) in [7, 11) is -3.88. The number of carbonyl (C=O) groups is 1. The lowest BCUT2D eigenvalue weighted by Crippen LogP contribution is -2.47. The number of benzene rings is 2. The lowest BCUT2D eigenvalue weighted by Gasteiger charge is -2.57. The van der Waals surface area contributed by atoms with E-state index in [4.69, 9.17) is 5.73 Å². The number of carbonyl (C=O) groups excluding carboxylic acids is 1. The standard InChI is InChI=1S/C27H34N2O3S/c1-3-29(22-7-5-4-6-8-22)33(31,32)25-18(2)9-10-23(26(28)30)24(25)17-27-14-19-11-20(15-27)13-21(12-19)16-27/h4-10,19-21H,3,11-17H2,1-2H3,(H2,28,30). The van der Waals surface area contributed by atoms with Crippen molar-refractivity contribution >= 4 is 21.6 Å². The fourth-order valence-corrected chi connectivity index (χ4v) is 9.52. The Morgan fingerprint density at radius 1 is 1.00 bits per heavy atom. The molecule has 33 heavy (non-hydrogen) atoms. The second-order valence-corrected chi connectivity index (χ2v) is 12.5. The molecule has 0 heterocycles. The molecule has 1 amide bonds. The fraction of sp³-hybridized carbons (Fsp3) is 0.519. The highest BCUT2D eigenvalue weighted by molar-refractivity contribution is 7.93. The molecule has 4 fully saturated rings. The second-order valence-electron chi connectivity index (χ2n) is 10.7. The van der Waals surface area contributed by atoms with Crippen LogP contribution in [0.4, 0.5) is 5.69 Å². The Morgan fingerprint density at radius 3 is 2.09 bits per heavy atom. The topological polar surface area (TPSA) is 80.5 Å². The van der Waals surface area contributed by atoms with Crippen LogP contribution in [0.1, 0.15) is 66.9 Å². The molecule has 0 spiro atoms. The monoisotopic (exact) mass is 466 g/mol. The number of aryl methyl sites for hydroxylation is 1. The summed E-state index contributed by atoms with van der Waals surface area (Å²) in [5.41, 5.74) is 8.20. The SMILES string of the molecule is CCN(c1ccccc1)S(=O)(=O)c1c(C)ccc(C(N)=O)c1CC12CC3CC(CC(C3)C1)C2. The highest BCUT2D eigenvalue weighted by atomic mass is 32.2. The molecule has 0 saturated heterocycles. The maximum atomic E-state index is 14.1. The average molecular weight is 467 g/mol. The van der Waals surface area contributed by atoms with Crippen LogP contribution in [-0.2, 0) is 16.4 Å². The molecular formula is C27H34N2O3S. The van der Waals surface area contributed by atoms with Crippen molar-refractivity contribution in [2.45, 2.75) is 63.7 Å². The zero-order valence-corrected chi connectivity index (χ0v) is 20.4. The number of anilines is 1. The molecule has 2 N–H and O–H groups in total. The third kappa shape index (κ3) is 3.86. The summed E-state index contributed by atoms with van der Waals surface area (Å²) in [6.45, 7) is 3.99. The maximum absolute atomic E-state index is 14.1. The second kappa shape index (κ2) is 8.15. The number of nitrogens with zero attached hydrogens (tertiary/aromatic N) is 1. The number of rotatable bonds is 7. The zero-order valence-electron chi connectivity index (χ0n) is 19.6. The molecule has 2 aromatic rings. The van der Waals surface area contributed by atoms with Gasteiger partial charge in [0.1, 0.15) is 0 Å². The van der Waals surface area contributed by atoms with Crippen LogP contribution in [0.2, 0.25) is 0 Å². The van der Waals surface area contributed by atoms with Crippen molar-refractivity contribution in [2.24, 2.45) is 28.9 Å². The maximum Gasteiger partial charge on any atom is 0.264 e. The van der Waals surface area contributed by atoms with Gasteiger partial charge in [-0.15, -0.1) is 0 Å².